The van der Waals surface area contributed by atoms with Gasteiger partial charge in [0.25, 0.3) is 0 Å². The third kappa shape index (κ3) is 3.10. The molecule has 92 valence electrons. The molecule has 6 heteroatoms. The van der Waals surface area contributed by atoms with Gasteiger partial charge in [0.2, 0.25) is 5.91 Å². The van der Waals surface area contributed by atoms with Crippen LogP contribution in [0.4, 0.5) is 4.79 Å². The van der Waals surface area contributed by atoms with Gasteiger partial charge in [0.15, 0.2) is 0 Å². The molecule has 0 aromatic rings. The van der Waals surface area contributed by atoms with Crippen molar-refractivity contribution in [1.82, 2.24) is 10.6 Å². The Hall–Kier alpha value is -1.30. The molecule has 1 heterocycles. The van der Waals surface area contributed by atoms with Crippen LogP contribution in [0, 0.1) is 0 Å². The van der Waals surface area contributed by atoms with Crippen molar-refractivity contribution in [3.63, 3.8) is 0 Å². The molecule has 16 heavy (non-hydrogen) atoms. The molecule has 1 atom stereocenters. The molecule has 0 saturated carbocycles. The number of carbonyl (C=O) groups is 2. The second-order valence-corrected chi connectivity index (χ2v) is 3.89. The lowest BCUT2D eigenvalue weighted by Crippen LogP contribution is -2.53. The van der Waals surface area contributed by atoms with Gasteiger partial charge in [-0.15, -0.1) is 0 Å². The molecule has 6 nitrogen and oxygen atoms in total. The van der Waals surface area contributed by atoms with Gasteiger partial charge in [-0.2, -0.15) is 0 Å². The summed E-state index contributed by atoms with van der Waals surface area (Å²) in [6.07, 6.45) is 1.80. The minimum absolute atomic E-state index is 0.0272. The topological polar surface area (TPSA) is 93.4 Å². The molecule has 0 aliphatic carbocycles. The van der Waals surface area contributed by atoms with E-state index >= 15 is 0 Å². The van der Waals surface area contributed by atoms with E-state index in [4.69, 9.17) is 5.73 Å². The third-order valence-corrected chi connectivity index (χ3v) is 2.91. The van der Waals surface area contributed by atoms with Crippen molar-refractivity contribution in [3.8, 4) is 0 Å². The van der Waals surface area contributed by atoms with Crippen molar-refractivity contribution in [2.24, 2.45) is 5.73 Å². The van der Waals surface area contributed by atoms with Crippen LogP contribution in [0.1, 0.15) is 26.2 Å². The number of hydrogen-bond donors (Lipinski definition) is 3. The van der Waals surface area contributed by atoms with Crippen LogP contribution in [0.25, 0.3) is 0 Å². The molecule has 0 bridgehead atoms. The maximum absolute atomic E-state index is 11.9. The SMILES string of the molecule is CCC1(C(=O)NCCOC(N)=O)CCCN1. The molecule has 1 saturated heterocycles. The Labute approximate surface area is 94.9 Å². The van der Waals surface area contributed by atoms with Crippen LogP contribution in [0.3, 0.4) is 0 Å². The van der Waals surface area contributed by atoms with Crippen LogP contribution in [-0.2, 0) is 9.53 Å². The van der Waals surface area contributed by atoms with Gasteiger partial charge in [0, 0.05) is 0 Å². The Morgan fingerprint density at radius 1 is 1.56 bits per heavy atom. The Morgan fingerprint density at radius 3 is 2.81 bits per heavy atom. The summed E-state index contributed by atoms with van der Waals surface area (Å²) in [6.45, 7) is 3.27. The molecule has 0 aromatic heterocycles. The standard InChI is InChI=1S/C10H19N3O3/c1-2-10(4-3-5-13-10)8(14)12-6-7-16-9(11)15/h13H,2-7H2,1H3,(H2,11,15)(H,12,14). The molecule has 1 fully saturated rings. The summed E-state index contributed by atoms with van der Waals surface area (Å²) in [6, 6.07) is 0. The number of amides is 2. The Balaban J connectivity index is 2.30. The van der Waals surface area contributed by atoms with E-state index in [9.17, 15) is 9.59 Å². The van der Waals surface area contributed by atoms with Crippen LogP contribution in [0.2, 0.25) is 0 Å². The Morgan fingerprint density at radius 2 is 2.31 bits per heavy atom. The molecular formula is C10H19N3O3. The van der Waals surface area contributed by atoms with Gasteiger partial charge < -0.3 is 21.1 Å². The molecule has 0 radical (unpaired) electrons. The van der Waals surface area contributed by atoms with Gasteiger partial charge in [-0.05, 0) is 25.8 Å². The summed E-state index contributed by atoms with van der Waals surface area (Å²) in [7, 11) is 0. The minimum Gasteiger partial charge on any atom is -0.448 e. The third-order valence-electron chi connectivity index (χ3n) is 2.91. The van der Waals surface area contributed by atoms with E-state index in [1.165, 1.54) is 0 Å². The van der Waals surface area contributed by atoms with Crippen molar-refractivity contribution < 1.29 is 14.3 Å². The van der Waals surface area contributed by atoms with Gasteiger partial charge in [-0.25, -0.2) is 4.79 Å². The lowest BCUT2D eigenvalue weighted by Gasteiger charge is -2.26. The average molecular weight is 229 g/mol. The summed E-state index contributed by atoms with van der Waals surface area (Å²) >= 11 is 0. The summed E-state index contributed by atoms with van der Waals surface area (Å²) in [5, 5.41) is 5.96. The first-order valence-electron chi connectivity index (χ1n) is 5.56. The Bertz CT molecular complexity index is 262. The number of carbonyl (C=O) groups excluding carboxylic acids is 2. The fourth-order valence-corrected chi connectivity index (χ4v) is 1.95. The van der Waals surface area contributed by atoms with Crippen LogP contribution < -0.4 is 16.4 Å². The van der Waals surface area contributed by atoms with E-state index < -0.39 is 11.6 Å². The number of rotatable bonds is 5. The van der Waals surface area contributed by atoms with Crippen molar-refractivity contribution in [2.45, 2.75) is 31.7 Å². The predicted octanol–water partition coefficient (Wildman–Crippen LogP) is -0.270. The molecule has 0 spiro atoms. The lowest BCUT2D eigenvalue weighted by atomic mass is 9.93. The van der Waals surface area contributed by atoms with E-state index in [0.717, 1.165) is 25.8 Å². The zero-order valence-electron chi connectivity index (χ0n) is 9.54. The predicted molar refractivity (Wildman–Crippen MR) is 58.8 cm³/mol. The fraction of sp³-hybridized carbons (Fsp3) is 0.800. The normalized spacial score (nSPS) is 24.1. The van der Waals surface area contributed by atoms with Crippen molar-refractivity contribution in [2.75, 3.05) is 19.7 Å². The van der Waals surface area contributed by atoms with E-state index in [0.29, 0.717) is 6.54 Å². The largest absolute Gasteiger partial charge is 0.448 e. The van der Waals surface area contributed by atoms with Crippen molar-refractivity contribution in [1.29, 1.82) is 0 Å². The molecule has 2 amide bonds. The summed E-state index contributed by atoms with van der Waals surface area (Å²) in [5.41, 5.74) is 4.36. The molecule has 1 aliphatic heterocycles. The zero-order chi connectivity index (χ0) is 12.0. The lowest BCUT2D eigenvalue weighted by molar-refractivity contribution is -0.127. The highest BCUT2D eigenvalue weighted by Gasteiger charge is 2.38. The highest BCUT2D eigenvalue weighted by molar-refractivity contribution is 5.86. The van der Waals surface area contributed by atoms with Crippen LogP contribution >= 0.6 is 0 Å². The highest BCUT2D eigenvalue weighted by Crippen LogP contribution is 2.22. The fourth-order valence-electron chi connectivity index (χ4n) is 1.95. The average Bonchev–Trinajstić information content (AvgIpc) is 2.73. The second-order valence-electron chi connectivity index (χ2n) is 3.89. The maximum Gasteiger partial charge on any atom is 0.404 e. The minimum atomic E-state index is -0.821. The number of nitrogens with one attached hydrogen (secondary N) is 2. The van der Waals surface area contributed by atoms with Crippen LogP contribution in [-0.4, -0.2) is 37.2 Å². The quantitative estimate of drug-likeness (QED) is 0.566. The van der Waals surface area contributed by atoms with Gasteiger partial charge in [-0.3, -0.25) is 4.79 Å². The summed E-state index contributed by atoms with van der Waals surface area (Å²) < 4.78 is 4.53. The van der Waals surface area contributed by atoms with E-state index in [1.807, 2.05) is 6.92 Å². The molecule has 1 aliphatic rings. The highest BCUT2D eigenvalue weighted by atomic mass is 16.5. The number of primary amides is 1. The molecular weight excluding hydrogens is 210 g/mol. The smallest absolute Gasteiger partial charge is 0.404 e. The van der Waals surface area contributed by atoms with Gasteiger partial charge >= 0.3 is 6.09 Å². The van der Waals surface area contributed by atoms with Crippen LogP contribution in [0.5, 0.6) is 0 Å². The molecule has 1 rings (SSSR count). The summed E-state index contributed by atoms with van der Waals surface area (Å²) in [4.78, 5) is 22.2. The first-order valence-corrected chi connectivity index (χ1v) is 5.56. The number of hydrogen-bond acceptors (Lipinski definition) is 4. The first kappa shape index (κ1) is 12.8. The van der Waals surface area contributed by atoms with Gasteiger partial charge in [0.1, 0.15) is 6.61 Å². The van der Waals surface area contributed by atoms with E-state index in [1.54, 1.807) is 0 Å². The van der Waals surface area contributed by atoms with Gasteiger partial charge in [-0.1, -0.05) is 6.92 Å². The zero-order valence-corrected chi connectivity index (χ0v) is 9.54. The molecule has 1 unspecified atom stereocenters. The Kier molecular flexibility index (Phi) is 4.54. The monoisotopic (exact) mass is 229 g/mol. The number of ether oxygens (including phenoxy) is 1. The number of nitrogens with two attached hydrogens (primary N) is 1. The van der Waals surface area contributed by atoms with Crippen molar-refractivity contribution in [3.05, 3.63) is 0 Å². The van der Waals surface area contributed by atoms with E-state index in [2.05, 4.69) is 15.4 Å². The second kappa shape index (κ2) is 5.69. The first-order chi connectivity index (χ1) is 7.60. The van der Waals surface area contributed by atoms with E-state index in [-0.39, 0.29) is 12.5 Å². The van der Waals surface area contributed by atoms with Gasteiger partial charge in [0.05, 0.1) is 12.1 Å². The molecule has 0 aromatic carbocycles. The van der Waals surface area contributed by atoms with Crippen LogP contribution in [0.15, 0.2) is 0 Å². The molecule has 4 N–H and O–H groups in total. The maximum atomic E-state index is 11.9. The van der Waals surface area contributed by atoms with Crippen molar-refractivity contribution >= 4 is 12.0 Å². The summed E-state index contributed by atoms with van der Waals surface area (Å²) in [5.74, 6) is -0.0272.